The summed E-state index contributed by atoms with van der Waals surface area (Å²) in [6.45, 7) is 8.80. The second-order valence-electron chi connectivity index (χ2n) is 8.87. The van der Waals surface area contributed by atoms with Crippen molar-refractivity contribution in [2.24, 2.45) is 5.92 Å². The molecule has 33 heavy (non-hydrogen) atoms. The molecule has 0 aliphatic rings. The number of rotatable bonds is 10. The Morgan fingerprint density at radius 3 is 2.61 bits per heavy atom. The van der Waals surface area contributed by atoms with Gasteiger partial charge in [-0.3, -0.25) is 19.4 Å². The number of aliphatic carboxylic acids is 1. The van der Waals surface area contributed by atoms with Crippen LogP contribution in [0.5, 0.6) is 0 Å². The molecule has 0 aliphatic carbocycles. The number of aromatic amines is 1. The fourth-order valence-corrected chi connectivity index (χ4v) is 2.80. The average molecular weight is 466 g/mol. The lowest BCUT2D eigenvalue weighted by Gasteiger charge is -2.23. The molecule has 0 radical (unpaired) electrons. The van der Waals surface area contributed by atoms with Gasteiger partial charge in [0.05, 0.1) is 6.33 Å². The quantitative estimate of drug-likeness (QED) is 0.392. The third kappa shape index (κ3) is 8.09. The number of H-pyrrole nitrogens is 1. The Kier molecular flexibility index (Phi) is 8.38. The molecule has 2 aromatic rings. The Bertz CT molecular complexity index is 1050. The zero-order valence-corrected chi connectivity index (χ0v) is 19.5. The van der Waals surface area contributed by atoms with Crippen molar-refractivity contribution in [2.75, 3.05) is 31.5 Å². The number of nitrogens with one attached hydrogen (secondary N) is 3. The molecule has 2 amide bonds. The summed E-state index contributed by atoms with van der Waals surface area (Å²) in [6.07, 6.45) is 0.625. The van der Waals surface area contributed by atoms with Gasteiger partial charge in [-0.15, -0.1) is 0 Å². The van der Waals surface area contributed by atoms with Gasteiger partial charge in [0.2, 0.25) is 11.9 Å². The van der Waals surface area contributed by atoms with E-state index in [0.29, 0.717) is 12.5 Å². The zero-order valence-electron chi connectivity index (χ0n) is 19.5. The third-order valence-corrected chi connectivity index (χ3v) is 4.20. The van der Waals surface area contributed by atoms with Gasteiger partial charge >= 0.3 is 12.1 Å². The number of fused-ring (bicyclic) bond motifs is 1. The first-order chi connectivity index (χ1) is 15.4. The topological polar surface area (TPSA) is 172 Å². The van der Waals surface area contributed by atoms with Crippen molar-refractivity contribution < 1.29 is 24.2 Å². The van der Waals surface area contributed by atoms with Crippen molar-refractivity contribution in [3.63, 3.8) is 0 Å². The van der Waals surface area contributed by atoms with Gasteiger partial charge in [-0.1, -0.05) is 13.8 Å². The number of alkyl carbamates (subject to hydrolysis) is 1. The lowest BCUT2D eigenvalue weighted by atomic mass is 10.2. The van der Waals surface area contributed by atoms with Gasteiger partial charge in [0, 0.05) is 19.6 Å². The van der Waals surface area contributed by atoms with Crippen LogP contribution in [0.25, 0.3) is 11.2 Å². The van der Waals surface area contributed by atoms with Gasteiger partial charge < -0.3 is 29.9 Å². The van der Waals surface area contributed by atoms with Gasteiger partial charge in [-0.05, 0) is 26.7 Å². The molecular weight excluding hydrogens is 434 g/mol. The van der Waals surface area contributed by atoms with Crippen LogP contribution in [0.4, 0.5) is 10.7 Å². The highest BCUT2D eigenvalue weighted by Crippen LogP contribution is 2.09. The number of anilines is 1. The summed E-state index contributed by atoms with van der Waals surface area (Å²) in [6, 6.07) is 0. The summed E-state index contributed by atoms with van der Waals surface area (Å²) >= 11 is 0. The van der Waals surface area contributed by atoms with Crippen LogP contribution in [-0.4, -0.2) is 79.3 Å². The van der Waals surface area contributed by atoms with E-state index in [1.807, 2.05) is 13.8 Å². The van der Waals surface area contributed by atoms with Crippen LogP contribution in [-0.2, 0) is 20.9 Å². The van der Waals surface area contributed by atoms with Gasteiger partial charge in [-0.25, -0.2) is 9.78 Å². The molecule has 0 aliphatic heterocycles. The minimum absolute atomic E-state index is 0.00830. The van der Waals surface area contributed by atoms with E-state index in [1.54, 1.807) is 20.8 Å². The van der Waals surface area contributed by atoms with Crippen molar-refractivity contribution in [1.29, 1.82) is 0 Å². The van der Waals surface area contributed by atoms with E-state index in [0.717, 1.165) is 4.90 Å². The normalized spacial score (nSPS) is 11.5. The number of aromatic nitrogens is 4. The summed E-state index contributed by atoms with van der Waals surface area (Å²) in [5.74, 6) is -1.16. The summed E-state index contributed by atoms with van der Waals surface area (Å²) in [7, 11) is 0. The van der Waals surface area contributed by atoms with E-state index >= 15 is 0 Å². The lowest BCUT2D eigenvalue weighted by molar-refractivity contribution is -0.144. The number of imidazole rings is 1. The molecule has 0 saturated heterocycles. The maximum atomic E-state index is 12.8. The standard InChI is InChI=1S/C20H31N7O6/c1-12(2)8-22-18-24-16-15(17(31)25-18)27(11-23-16)9-13(28)26(10-14(29)30)7-6-21-19(32)33-20(3,4)5/h11-12H,6-10H2,1-5H3,(H,21,32)(H,29,30)(H2,22,24,25,31). The second kappa shape index (κ2) is 10.8. The maximum absolute atomic E-state index is 12.8. The van der Waals surface area contributed by atoms with Crippen LogP contribution in [0.2, 0.25) is 0 Å². The molecule has 0 spiro atoms. The van der Waals surface area contributed by atoms with Crippen LogP contribution in [0, 0.1) is 5.92 Å². The van der Waals surface area contributed by atoms with Gasteiger partial charge in [0.1, 0.15) is 18.7 Å². The van der Waals surface area contributed by atoms with Crippen LogP contribution >= 0.6 is 0 Å². The largest absolute Gasteiger partial charge is 0.480 e. The first-order valence-corrected chi connectivity index (χ1v) is 10.5. The predicted octanol–water partition coefficient (Wildman–Crippen LogP) is 0.625. The first-order valence-electron chi connectivity index (χ1n) is 10.5. The molecule has 0 aromatic carbocycles. The number of carboxylic acid groups (broad SMARTS) is 1. The Balaban J connectivity index is 2.09. The van der Waals surface area contributed by atoms with Crippen molar-refractivity contribution in [3.05, 3.63) is 16.7 Å². The van der Waals surface area contributed by atoms with E-state index in [4.69, 9.17) is 9.84 Å². The molecule has 0 saturated carbocycles. The number of nitrogens with zero attached hydrogens (tertiary/aromatic N) is 4. The Hall–Kier alpha value is -3.64. The molecule has 13 nitrogen and oxygen atoms in total. The number of hydrogen-bond acceptors (Lipinski definition) is 8. The molecule has 0 unspecified atom stereocenters. The zero-order chi connectivity index (χ0) is 24.8. The SMILES string of the molecule is CC(C)CNc1nc2ncn(CC(=O)N(CCNC(=O)OC(C)(C)C)CC(=O)O)c2c(=O)[nH]1. The number of amides is 2. The van der Waals surface area contributed by atoms with Crippen LogP contribution in [0.15, 0.2) is 11.1 Å². The minimum atomic E-state index is -1.21. The Morgan fingerprint density at radius 1 is 1.30 bits per heavy atom. The highest BCUT2D eigenvalue weighted by atomic mass is 16.6. The fraction of sp³-hybridized carbons (Fsp3) is 0.600. The van der Waals surface area contributed by atoms with Crippen molar-refractivity contribution in [1.82, 2.24) is 29.7 Å². The molecular formula is C20H31N7O6. The van der Waals surface area contributed by atoms with Crippen molar-refractivity contribution in [3.8, 4) is 0 Å². The molecule has 0 bridgehead atoms. The molecule has 0 atom stereocenters. The molecule has 2 rings (SSSR count). The fourth-order valence-electron chi connectivity index (χ4n) is 2.80. The highest BCUT2D eigenvalue weighted by Gasteiger charge is 2.21. The molecule has 0 fully saturated rings. The van der Waals surface area contributed by atoms with E-state index in [-0.39, 0.29) is 36.7 Å². The summed E-state index contributed by atoms with van der Waals surface area (Å²) in [5, 5.41) is 14.7. The average Bonchev–Trinajstić information content (AvgIpc) is 3.07. The highest BCUT2D eigenvalue weighted by molar-refractivity contribution is 5.82. The van der Waals surface area contributed by atoms with Gasteiger partial charge in [-0.2, -0.15) is 4.98 Å². The third-order valence-electron chi connectivity index (χ3n) is 4.20. The van der Waals surface area contributed by atoms with E-state index in [2.05, 4.69) is 25.6 Å². The molecule has 2 heterocycles. The smallest absolute Gasteiger partial charge is 0.407 e. The van der Waals surface area contributed by atoms with Crippen LogP contribution in [0.3, 0.4) is 0 Å². The lowest BCUT2D eigenvalue weighted by Crippen LogP contribution is -2.43. The van der Waals surface area contributed by atoms with E-state index in [1.165, 1.54) is 10.9 Å². The minimum Gasteiger partial charge on any atom is -0.480 e. The van der Waals surface area contributed by atoms with Crippen LogP contribution in [0.1, 0.15) is 34.6 Å². The van der Waals surface area contributed by atoms with E-state index in [9.17, 15) is 19.2 Å². The van der Waals surface area contributed by atoms with Gasteiger partial charge in [0.25, 0.3) is 5.56 Å². The monoisotopic (exact) mass is 465 g/mol. The predicted molar refractivity (Wildman–Crippen MR) is 120 cm³/mol. The van der Waals surface area contributed by atoms with Crippen LogP contribution < -0.4 is 16.2 Å². The van der Waals surface area contributed by atoms with Crippen molar-refractivity contribution >= 4 is 35.1 Å². The number of carbonyl (C=O) groups is 3. The number of carbonyl (C=O) groups excluding carboxylic acids is 2. The number of hydrogen-bond donors (Lipinski definition) is 4. The molecule has 4 N–H and O–H groups in total. The maximum Gasteiger partial charge on any atom is 0.407 e. The number of carboxylic acids is 1. The molecule has 182 valence electrons. The van der Waals surface area contributed by atoms with Crippen molar-refractivity contribution in [2.45, 2.75) is 46.8 Å². The second-order valence-corrected chi connectivity index (χ2v) is 8.87. The summed E-state index contributed by atoms with van der Waals surface area (Å²) < 4.78 is 6.43. The molecule has 2 aromatic heterocycles. The van der Waals surface area contributed by atoms with E-state index < -0.39 is 35.7 Å². The Morgan fingerprint density at radius 2 is 2.00 bits per heavy atom. The number of ether oxygens (including phenoxy) is 1. The molecule has 13 heteroatoms. The summed E-state index contributed by atoms with van der Waals surface area (Å²) in [4.78, 5) is 60.3. The van der Waals surface area contributed by atoms with Gasteiger partial charge in [0.15, 0.2) is 11.2 Å². The first kappa shape index (κ1) is 25.6. The Labute approximate surface area is 190 Å². The summed E-state index contributed by atoms with van der Waals surface area (Å²) in [5.41, 5.74) is -0.906.